The molecule has 1 aliphatic heterocycles. The Morgan fingerprint density at radius 3 is 2.83 bits per heavy atom. The van der Waals surface area contributed by atoms with Gasteiger partial charge in [-0.1, -0.05) is 6.92 Å². The smallest absolute Gasteiger partial charge is 0.162 e. The van der Waals surface area contributed by atoms with Crippen molar-refractivity contribution < 1.29 is 14.6 Å². The molecule has 2 heterocycles. The Labute approximate surface area is 142 Å². The lowest BCUT2D eigenvalue weighted by Gasteiger charge is -2.19. The molecule has 3 N–H and O–H groups in total. The Hall–Kier alpha value is -2.05. The number of aliphatic hydroxyl groups is 1. The number of fused-ring (bicyclic) bond motifs is 1. The fourth-order valence-corrected chi connectivity index (χ4v) is 3.01. The number of aromatic amines is 1. The fraction of sp³-hybridized carbons (Fsp3) is 0.500. The summed E-state index contributed by atoms with van der Waals surface area (Å²) < 4.78 is 11.2. The van der Waals surface area contributed by atoms with Crippen LogP contribution < -0.4 is 14.8 Å². The monoisotopic (exact) mass is 331 g/mol. The van der Waals surface area contributed by atoms with Crippen molar-refractivity contribution in [2.45, 2.75) is 32.9 Å². The van der Waals surface area contributed by atoms with Gasteiger partial charge in [-0.15, -0.1) is 0 Å². The number of H-pyrrole nitrogens is 1. The van der Waals surface area contributed by atoms with E-state index in [1.807, 2.05) is 31.3 Å². The van der Waals surface area contributed by atoms with E-state index in [4.69, 9.17) is 9.47 Å². The Bertz CT molecular complexity index is 669. The van der Waals surface area contributed by atoms with Crippen molar-refractivity contribution in [2.24, 2.45) is 5.92 Å². The number of nitrogens with one attached hydrogen (secondary N) is 2. The minimum absolute atomic E-state index is 0.260. The van der Waals surface area contributed by atoms with E-state index in [1.165, 1.54) is 0 Å². The summed E-state index contributed by atoms with van der Waals surface area (Å²) in [6.45, 7) is 6.72. The number of ether oxygens (including phenoxy) is 2. The van der Waals surface area contributed by atoms with Gasteiger partial charge in [-0.05, 0) is 44.0 Å². The van der Waals surface area contributed by atoms with Gasteiger partial charge in [0, 0.05) is 17.7 Å². The first-order valence-corrected chi connectivity index (χ1v) is 8.44. The SMILES string of the molecule is CC(O)CC(C)CNCc1cn[nH]c1-c1ccc2c(c1)OCCO2. The van der Waals surface area contributed by atoms with Gasteiger partial charge in [-0.2, -0.15) is 5.10 Å². The number of nitrogens with zero attached hydrogens (tertiary/aromatic N) is 1. The highest BCUT2D eigenvalue weighted by molar-refractivity contribution is 5.66. The molecule has 1 aliphatic rings. The summed E-state index contributed by atoms with van der Waals surface area (Å²) in [4.78, 5) is 0. The molecule has 0 radical (unpaired) electrons. The van der Waals surface area contributed by atoms with Crippen molar-refractivity contribution in [3.8, 4) is 22.8 Å². The molecular weight excluding hydrogens is 306 g/mol. The third-order valence-corrected chi connectivity index (χ3v) is 4.10. The van der Waals surface area contributed by atoms with Crippen molar-refractivity contribution >= 4 is 0 Å². The molecule has 2 aromatic rings. The molecule has 0 aliphatic carbocycles. The highest BCUT2D eigenvalue weighted by atomic mass is 16.6. The van der Waals surface area contributed by atoms with Crippen molar-refractivity contribution in [1.82, 2.24) is 15.5 Å². The standard InChI is InChI=1S/C18H25N3O3/c1-12(7-13(2)22)9-19-10-15-11-20-21-18(15)14-3-4-16-17(8-14)24-6-5-23-16/h3-4,8,11-13,19,22H,5-7,9-10H2,1-2H3,(H,20,21). The molecule has 6 nitrogen and oxygen atoms in total. The Balaban J connectivity index is 1.65. The van der Waals surface area contributed by atoms with Crippen LogP contribution in [-0.2, 0) is 6.54 Å². The van der Waals surface area contributed by atoms with Crippen LogP contribution in [0.15, 0.2) is 24.4 Å². The molecule has 0 bridgehead atoms. The normalized spacial score (nSPS) is 16.0. The molecule has 0 saturated carbocycles. The zero-order chi connectivity index (χ0) is 16.9. The molecular formula is C18H25N3O3. The molecule has 130 valence electrons. The van der Waals surface area contributed by atoms with Crippen LogP contribution in [0, 0.1) is 5.92 Å². The second-order valence-corrected chi connectivity index (χ2v) is 6.45. The minimum atomic E-state index is -0.260. The molecule has 1 aromatic heterocycles. The molecule has 0 amide bonds. The summed E-state index contributed by atoms with van der Waals surface area (Å²) in [6.07, 6.45) is 2.38. The number of aromatic nitrogens is 2. The summed E-state index contributed by atoms with van der Waals surface area (Å²) in [5.74, 6) is 1.99. The third-order valence-electron chi connectivity index (χ3n) is 4.10. The zero-order valence-corrected chi connectivity index (χ0v) is 14.2. The first-order chi connectivity index (χ1) is 11.6. The van der Waals surface area contributed by atoms with E-state index in [1.54, 1.807) is 0 Å². The van der Waals surface area contributed by atoms with Gasteiger partial charge in [-0.3, -0.25) is 5.10 Å². The average Bonchev–Trinajstić information content (AvgIpc) is 3.02. The lowest BCUT2D eigenvalue weighted by atomic mass is 10.0. The predicted octanol–water partition coefficient (Wildman–Crippen LogP) is 2.34. The maximum Gasteiger partial charge on any atom is 0.162 e. The highest BCUT2D eigenvalue weighted by Gasteiger charge is 2.15. The van der Waals surface area contributed by atoms with Crippen molar-refractivity contribution in [2.75, 3.05) is 19.8 Å². The zero-order valence-electron chi connectivity index (χ0n) is 14.2. The van der Waals surface area contributed by atoms with Crippen LogP contribution in [0.4, 0.5) is 0 Å². The second kappa shape index (κ2) is 7.68. The van der Waals surface area contributed by atoms with Crippen molar-refractivity contribution in [3.63, 3.8) is 0 Å². The number of benzene rings is 1. The summed E-state index contributed by atoms with van der Waals surface area (Å²) in [5.41, 5.74) is 3.13. The third kappa shape index (κ3) is 4.07. The van der Waals surface area contributed by atoms with Crippen LogP contribution in [0.3, 0.4) is 0 Å². The number of hydrogen-bond acceptors (Lipinski definition) is 5. The van der Waals surface area contributed by atoms with Crippen LogP contribution in [0.1, 0.15) is 25.8 Å². The predicted molar refractivity (Wildman–Crippen MR) is 92.2 cm³/mol. The van der Waals surface area contributed by atoms with Crippen LogP contribution >= 0.6 is 0 Å². The molecule has 6 heteroatoms. The minimum Gasteiger partial charge on any atom is -0.486 e. The molecule has 2 atom stereocenters. The van der Waals surface area contributed by atoms with Crippen molar-refractivity contribution in [3.05, 3.63) is 30.0 Å². The molecule has 2 unspecified atom stereocenters. The summed E-state index contributed by atoms with van der Waals surface area (Å²) in [5, 5.41) is 20.1. The first kappa shape index (κ1) is 16.8. The maximum absolute atomic E-state index is 9.43. The van der Waals surface area contributed by atoms with Crippen LogP contribution in [0.25, 0.3) is 11.3 Å². The summed E-state index contributed by atoms with van der Waals surface area (Å²) in [7, 11) is 0. The van der Waals surface area contributed by atoms with E-state index < -0.39 is 0 Å². The number of rotatable bonds is 7. The molecule has 1 aromatic carbocycles. The quantitative estimate of drug-likeness (QED) is 0.726. The van der Waals surface area contributed by atoms with Gasteiger partial charge in [0.1, 0.15) is 13.2 Å². The van der Waals surface area contributed by atoms with Gasteiger partial charge in [0.25, 0.3) is 0 Å². The number of hydrogen-bond donors (Lipinski definition) is 3. The number of aliphatic hydroxyl groups excluding tert-OH is 1. The Morgan fingerprint density at radius 1 is 1.25 bits per heavy atom. The van der Waals surface area contributed by atoms with Crippen LogP contribution in [0.5, 0.6) is 11.5 Å². The van der Waals surface area contributed by atoms with E-state index in [9.17, 15) is 5.11 Å². The van der Waals surface area contributed by atoms with Crippen LogP contribution in [0.2, 0.25) is 0 Å². The highest BCUT2D eigenvalue weighted by Crippen LogP contribution is 2.34. The average molecular weight is 331 g/mol. The van der Waals surface area contributed by atoms with Gasteiger partial charge in [0.05, 0.1) is 18.0 Å². The fourth-order valence-electron chi connectivity index (χ4n) is 3.01. The second-order valence-electron chi connectivity index (χ2n) is 6.45. The summed E-state index contributed by atoms with van der Waals surface area (Å²) >= 11 is 0. The van der Waals surface area contributed by atoms with E-state index in [-0.39, 0.29) is 6.10 Å². The van der Waals surface area contributed by atoms with Gasteiger partial charge >= 0.3 is 0 Å². The molecule has 0 spiro atoms. The van der Waals surface area contributed by atoms with Crippen molar-refractivity contribution in [1.29, 1.82) is 0 Å². The molecule has 3 rings (SSSR count). The molecule has 24 heavy (non-hydrogen) atoms. The van der Waals surface area contributed by atoms with Gasteiger partial charge in [0.2, 0.25) is 0 Å². The first-order valence-electron chi connectivity index (χ1n) is 8.44. The van der Waals surface area contributed by atoms with Gasteiger partial charge in [0.15, 0.2) is 11.5 Å². The van der Waals surface area contributed by atoms with E-state index in [0.717, 1.165) is 47.8 Å². The Morgan fingerprint density at radius 2 is 2.04 bits per heavy atom. The van der Waals surface area contributed by atoms with Gasteiger partial charge < -0.3 is 19.9 Å². The largest absolute Gasteiger partial charge is 0.486 e. The van der Waals surface area contributed by atoms with Gasteiger partial charge in [-0.25, -0.2) is 0 Å². The maximum atomic E-state index is 9.43. The van der Waals surface area contributed by atoms with E-state index in [2.05, 4.69) is 22.4 Å². The van der Waals surface area contributed by atoms with Crippen LogP contribution in [-0.4, -0.2) is 41.2 Å². The Kier molecular flexibility index (Phi) is 5.37. The molecule has 0 fully saturated rings. The molecule has 0 saturated heterocycles. The lowest BCUT2D eigenvalue weighted by Crippen LogP contribution is -2.23. The lowest BCUT2D eigenvalue weighted by molar-refractivity contribution is 0.163. The topological polar surface area (TPSA) is 79.4 Å². The summed E-state index contributed by atoms with van der Waals surface area (Å²) in [6, 6.07) is 5.94. The van der Waals surface area contributed by atoms with E-state index >= 15 is 0 Å². The van der Waals surface area contributed by atoms with E-state index in [0.29, 0.717) is 19.1 Å².